The normalized spacial score (nSPS) is 17.7. The van der Waals surface area contributed by atoms with E-state index in [0.717, 1.165) is 39.3 Å². The monoisotopic (exact) mass is 299 g/mol. The van der Waals surface area contributed by atoms with E-state index in [9.17, 15) is 19.8 Å². The minimum Gasteiger partial charge on any atom is -0.478 e. The van der Waals surface area contributed by atoms with Crippen LogP contribution in [-0.2, 0) is 14.3 Å². The Morgan fingerprint density at radius 2 is 1.71 bits per heavy atom. The fourth-order valence-corrected chi connectivity index (χ4v) is 2.54. The highest BCUT2D eigenvalue weighted by atomic mass is 16.5. The van der Waals surface area contributed by atoms with E-state index in [1.807, 2.05) is 0 Å². The van der Waals surface area contributed by atoms with Gasteiger partial charge in [0.2, 0.25) is 0 Å². The van der Waals surface area contributed by atoms with Crippen molar-refractivity contribution in [1.29, 1.82) is 0 Å². The number of morpholine rings is 1. The third kappa shape index (κ3) is 5.85. The fourth-order valence-electron chi connectivity index (χ4n) is 2.54. The third-order valence-electron chi connectivity index (χ3n) is 3.65. The maximum atomic E-state index is 11.3. The van der Waals surface area contributed by atoms with Gasteiger partial charge in [-0.25, -0.2) is 9.59 Å². The van der Waals surface area contributed by atoms with Gasteiger partial charge in [0.05, 0.1) is 13.2 Å². The molecule has 1 heterocycles. The molecular weight excluding hydrogens is 274 g/mol. The molecule has 0 aliphatic carbocycles. The zero-order valence-corrected chi connectivity index (χ0v) is 12.8. The predicted octanol–water partition coefficient (Wildman–Crippen LogP) is 1.61. The first-order valence-electron chi connectivity index (χ1n) is 7.43. The van der Waals surface area contributed by atoms with E-state index in [1.165, 1.54) is 0 Å². The molecule has 0 unspecified atom stereocenters. The SMILES string of the molecule is CC(C)/C(C(=O)O)=C(/CCCCN1CCOCC1)C(=O)O. The predicted molar refractivity (Wildman–Crippen MR) is 78.2 cm³/mol. The van der Waals surface area contributed by atoms with Crippen molar-refractivity contribution in [2.75, 3.05) is 32.8 Å². The molecule has 0 amide bonds. The smallest absolute Gasteiger partial charge is 0.332 e. The Kier molecular flexibility index (Phi) is 7.39. The molecule has 0 aromatic heterocycles. The van der Waals surface area contributed by atoms with Crippen molar-refractivity contribution in [2.24, 2.45) is 5.92 Å². The lowest BCUT2D eigenvalue weighted by atomic mass is 9.94. The maximum Gasteiger partial charge on any atom is 0.332 e. The molecule has 0 radical (unpaired) electrons. The number of hydrogen-bond acceptors (Lipinski definition) is 4. The summed E-state index contributed by atoms with van der Waals surface area (Å²) < 4.78 is 5.27. The van der Waals surface area contributed by atoms with E-state index >= 15 is 0 Å². The second-order valence-corrected chi connectivity index (χ2v) is 5.57. The minimum atomic E-state index is -1.13. The molecule has 0 atom stereocenters. The number of rotatable bonds is 8. The summed E-state index contributed by atoms with van der Waals surface area (Å²) in [6.45, 7) is 7.64. The van der Waals surface area contributed by atoms with Crippen LogP contribution >= 0.6 is 0 Å². The topological polar surface area (TPSA) is 87.1 Å². The first-order chi connectivity index (χ1) is 9.93. The Labute approximate surface area is 125 Å². The van der Waals surface area contributed by atoms with E-state index in [1.54, 1.807) is 13.8 Å². The van der Waals surface area contributed by atoms with Gasteiger partial charge in [-0.2, -0.15) is 0 Å². The van der Waals surface area contributed by atoms with Crippen LogP contribution in [0.2, 0.25) is 0 Å². The third-order valence-corrected chi connectivity index (χ3v) is 3.65. The number of hydrogen-bond donors (Lipinski definition) is 2. The van der Waals surface area contributed by atoms with Gasteiger partial charge in [-0.3, -0.25) is 4.90 Å². The van der Waals surface area contributed by atoms with E-state index in [0.29, 0.717) is 12.8 Å². The molecule has 6 heteroatoms. The van der Waals surface area contributed by atoms with Crippen molar-refractivity contribution in [2.45, 2.75) is 33.1 Å². The highest BCUT2D eigenvalue weighted by Gasteiger charge is 2.22. The lowest BCUT2D eigenvalue weighted by Gasteiger charge is -2.26. The standard InChI is InChI=1S/C15H25NO5/c1-11(2)13(15(19)20)12(14(17)18)5-3-4-6-16-7-9-21-10-8-16/h11H,3-10H2,1-2H3,(H,17,18)(H,19,20)/b13-12+. The zero-order chi connectivity index (χ0) is 15.8. The lowest BCUT2D eigenvalue weighted by Crippen LogP contribution is -2.36. The molecule has 0 aromatic carbocycles. The lowest BCUT2D eigenvalue weighted by molar-refractivity contribution is -0.136. The van der Waals surface area contributed by atoms with Crippen LogP contribution in [0.15, 0.2) is 11.1 Å². The van der Waals surface area contributed by atoms with Crippen LogP contribution in [0.5, 0.6) is 0 Å². The Morgan fingerprint density at radius 1 is 1.10 bits per heavy atom. The van der Waals surface area contributed by atoms with Crippen molar-refractivity contribution < 1.29 is 24.5 Å². The second-order valence-electron chi connectivity index (χ2n) is 5.57. The van der Waals surface area contributed by atoms with Crippen LogP contribution in [-0.4, -0.2) is 59.9 Å². The Morgan fingerprint density at radius 3 is 2.19 bits per heavy atom. The molecule has 120 valence electrons. The molecule has 0 aromatic rings. The van der Waals surface area contributed by atoms with Gasteiger partial charge in [0.25, 0.3) is 0 Å². The van der Waals surface area contributed by atoms with Gasteiger partial charge < -0.3 is 14.9 Å². The average Bonchev–Trinajstić information content (AvgIpc) is 2.42. The number of nitrogens with zero attached hydrogens (tertiary/aromatic N) is 1. The summed E-state index contributed by atoms with van der Waals surface area (Å²) >= 11 is 0. The van der Waals surface area contributed by atoms with Gasteiger partial charge in [0, 0.05) is 24.2 Å². The summed E-state index contributed by atoms with van der Waals surface area (Å²) in [5, 5.41) is 18.4. The Bertz CT molecular complexity index is 397. The molecule has 21 heavy (non-hydrogen) atoms. The van der Waals surface area contributed by atoms with Crippen molar-refractivity contribution in [3.63, 3.8) is 0 Å². The molecule has 0 saturated carbocycles. The van der Waals surface area contributed by atoms with Crippen LogP contribution < -0.4 is 0 Å². The second kappa shape index (κ2) is 8.79. The van der Waals surface area contributed by atoms with Gasteiger partial charge in [0.15, 0.2) is 0 Å². The van der Waals surface area contributed by atoms with Gasteiger partial charge in [0.1, 0.15) is 0 Å². The van der Waals surface area contributed by atoms with Crippen LogP contribution in [0, 0.1) is 5.92 Å². The molecule has 1 fully saturated rings. The van der Waals surface area contributed by atoms with Gasteiger partial charge in [-0.05, 0) is 31.7 Å². The number of aliphatic carboxylic acids is 2. The fraction of sp³-hybridized carbons (Fsp3) is 0.733. The van der Waals surface area contributed by atoms with E-state index in [-0.39, 0.29) is 17.1 Å². The zero-order valence-electron chi connectivity index (χ0n) is 12.8. The molecule has 1 aliphatic rings. The molecule has 0 spiro atoms. The molecule has 1 aliphatic heterocycles. The maximum absolute atomic E-state index is 11.3. The summed E-state index contributed by atoms with van der Waals surface area (Å²) in [4.78, 5) is 24.8. The highest BCUT2D eigenvalue weighted by Crippen LogP contribution is 2.20. The Balaban J connectivity index is 2.53. The summed E-state index contributed by atoms with van der Waals surface area (Å²) in [6, 6.07) is 0. The van der Waals surface area contributed by atoms with Crippen LogP contribution in [0.1, 0.15) is 33.1 Å². The summed E-state index contributed by atoms with van der Waals surface area (Å²) in [7, 11) is 0. The van der Waals surface area contributed by atoms with Crippen LogP contribution in [0.4, 0.5) is 0 Å². The van der Waals surface area contributed by atoms with Gasteiger partial charge >= 0.3 is 11.9 Å². The van der Waals surface area contributed by atoms with E-state index < -0.39 is 11.9 Å². The molecule has 6 nitrogen and oxygen atoms in total. The van der Waals surface area contributed by atoms with E-state index in [2.05, 4.69) is 4.90 Å². The summed E-state index contributed by atoms with van der Waals surface area (Å²) in [5.74, 6) is -2.55. The largest absolute Gasteiger partial charge is 0.478 e. The van der Waals surface area contributed by atoms with Crippen LogP contribution in [0.3, 0.4) is 0 Å². The first kappa shape index (κ1) is 17.7. The number of unbranched alkanes of at least 4 members (excludes halogenated alkanes) is 1. The highest BCUT2D eigenvalue weighted by molar-refractivity contribution is 5.99. The summed E-state index contributed by atoms with van der Waals surface area (Å²) in [5.41, 5.74) is 0.0633. The van der Waals surface area contributed by atoms with Crippen molar-refractivity contribution in [3.8, 4) is 0 Å². The number of carboxylic acids is 2. The molecular formula is C15H25NO5. The van der Waals surface area contributed by atoms with Gasteiger partial charge in [-0.15, -0.1) is 0 Å². The van der Waals surface area contributed by atoms with Crippen molar-refractivity contribution in [3.05, 3.63) is 11.1 Å². The molecule has 1 rings (SSSR count). The number of ether oxygens (including phenoxy) is 1. The number of carboxylic acid groups (broad SMARTS) is 2. The van der Waals surface area contributed by atoms with Crippen LogP contribution in [0.25, 0.3) is 0 Å². The quantitative estimate of drug-likeness (QED) is 0.523. The minimum absolute atomic E-state index is 0.0221. The van der Waals surface area contributed by atoms with Gasteiger partial charge in [-0.1, -0.05) is 13.8 Å². The van der Waals surface area contributed by atoms with Crippen molar-refractivity contribution in [1.82, 2.24) is 4.90 Å². The first-order valence-corrected chi connectivity index (χ1v) is 7.43. The molecule has 1 saturated heterocycles. The average molecular weight is 299 g/mol. The number of carbonyl (C=O) groups is 2. The summed E-state index contributed by atoms with van der Waals surface area (Å²) in [6.07, 6.45) is 1.85. The molecule has 2 N–H and O–H groups in total. The Hall–Kier alpha value is -1.40. The molecule has 0 bridgehead atoms. The van der Waals surface area contributed by atoms with Crippen molar-refractivity contribution >= 4 is 11.9 Å². The van der Waals surface area contributed by atoms with E-state index in [4.69, 9.17) is 4.74 Å².